The van der Waals surface area contributed by atoms with E-state index in [4.69, 9.17) is 34.8 Å². The van der Waals surface area contributed by atoms with E-state index in [0.29, 0.717) is 0 Å². The molecule has 4 heteroatoms. The van der Waals surface area contributed by atoms with Crippen LogP contribution in [0.3, 0.4) is 0 Å². The lowest BCUT2D eigenvalue weighted by Crippen LogP contribution is -1.91. The number of alkyl halides is 2. The first-order chi connectivity index (χ1) is 3.64. The fourth-order valence-corrected chi connectivity index (χ4v) is 1.65. The average molecular weight is 173 g/mol. The zero-order chi connectivity index (χ0) is 6.31. The van der Waals surface area contributed by atoms with Crippen LogP contribution in [0.15, 0.2) is 0 Å². The molecule has 1 fully saturated rings. The Hall–Kier alpha value is 0.540. The predicted octanol–water partition coefficient (Wildman–Crippen LogP) is 1.60. The monoisotopic (exact) mass is 172 g/mol. The van der Waals surface area contributed by atoms with Crippen molar-refractivity contribution < 1.29 is 4.79 Å². The van der Waals surface area contributed by atoms with Gasteiger partial charge in [0, 0.05) is 0 Å². The van der Waals surface area contributed by atoms with Crippen LogP contribution in [0.4, 0.5) is 0 Å². The Balaban J connectivity index is 2.44. The van der Waals surface area contributed by atoms with Crippen LogP contribution in [-0.2, 0) is 4.79 Å². The largest absolute Gasteiger partial charge is 0.281 e. The fraction of sp³-hybridized carbons (Fsp3) is 0.750. The van der Waals surface area contributed by atoms with Crippen LogP contribution in [0.2, 0.25) is 0 Å². The first kappa shape index (κ1) is 6.66. The molecule has 0 aromatic rings. The normalized spacial score (nSPS) is 44.1. The second-order valence-electron chi connectivity index (χ2n) is 1.72. The molecule has 1 aliphatic rings. The SMILES string of the molecule is O=C(Cl)C1C(Cl)C1Cl. The number of hydrogen-bond acceptors (Lipinski definition) is 1. The molecule has 0 bridgehead atoms. The molecule has 2 atom stereocenters. The number of rotatable bonds is 1. The lowest BCUT2D eigenvalue weighted by Gasteiger charge is -1.76. The zero-order valence-corrected chi connectivity index (χ0v) is 6.04. The van der Waals surface area contributed by atoms with Crippen molar-refractivity contribution in [3.05, 3.63) is 0 Å². The molecule has 0 aromatic carbocycles. The Kier molecular flexibility index (Phi) is 1.71. The van der Waals surface area contributed by atoms with Gasteiger partial charge in [0.25, 0.3) is 0 Å². The Morgan fingerprint density at radius 3 is 1.62 bits per heavy atom. The molecular formula is C4H3Cl3O. The first-order valence-electron chi connectivity index (χ1n) is 2.12. The summed E-state index contributed by atoms with van der Waals surface area (Å²) in [6.07, 6.45) is 0. The summed E-state index contributed by atoms with van der Waals surface area (Å²) >= 11 is 16.0. The maximum Gasteiger partial charge on any atom is 0.227 e. The molecule has 0 saturated heterocycles. The van der Waals surface area contributed by atoms with E-state index in [1.165, 1.54) is 0 Å². The third-order valence-corrected chi connectivity index (χ3v) is 2.58. The molecule has 1 nitrogen and oxygen atoms in total. The van der Waals surface area contributed by atoms with E-state index < -0.39 is 5.24 Å². The Bertz CT molecular complexity index is 116. The second kappa shape index (κ2) is 2.05. The maximum atomic E-state index is 10.2. The van der Waals surface area contributed by atoms with Gasteiger partial charge in [-0.25, -0.2) is 0 Å². The Morgan fingerprint density at radius 1 is 1.25 bits per heavy atom. The van der Waals surface area contributed by atoms with Gasteiger partial charge in [0.2, 0.25) is 5.24 Å². The van der Waals surface area contributed by atoms with Gasteiger partial charge in [0.05, 0.1) is 16.7 Å². The third kappa shape index (κ3) is 0.949. The second-order valence-corrected chi connectivity index (χ2v) is 3.10. The van der Waals surface area contributed by atoms with Crippen LogP contribution in [-0.4, -0.2) is 16.0 Å². The zero-order valence-electron chi connectivity index (χ0n) is 3.77. The summed E-state index contributed by atoms with van der Waals surface area (Å²) in [7, 11) is 0. The van der Waals surface area contributed by atoms with Crippen molar-refractivity contribution >= 4 is 40.0 Å². The molecular weight excluding hydrogens is 170 g/mol. The number of halogens is 3. The van der Waals surface area contributed by atoms with E-state index in [2.05, 4.69) is 0 Å². The molecule has 0 aliphatic heterocycles. The Morgan fingerprint density at radius 2 is 1.62 bits per heavy atom. The van der Waals surface area contributed by atoms with Gasteiger partial charge in [-0.15, -0.1) is 23.2 Å². The van der Waals surface area contributed by atoms with E-state index in [9.17, 15) is 4.79 Å². The van der Waals surface area contributed by atoms with Crippen molar-refractivity contribution in [1.29, 1.82) is 0 Å². The molecule has 2 unspecified atom stereocenters. The van der Waals surface area contributed by atoms with E-state index in [0.717, 1.165) is 0 Å². The highest BCUT2D eigenvalue weighted by Crippen LogP contribution is 2.43. The fourth-order valence-electron chi connectivity index (χ4n) is 0.490. The van der Waals surface area contributed by atoms with E-state index in [1.54, 1.807) is 0 Å². The van der Waals surface area contributed by atoms with Gasteiger partial charge in [-0.3, -0.25) is 4.79 Å². The highest BCUT2D eigenvalue weighted by Gasteiger charge is 2.52. The molecule has 0 N–H and O–H groups in total. The highest BCUT2D eigenvalue weighted by molar-refractivity contribution is 6.66. The predicted molar refractivity (Wildman–Crippen MR) is 33.6 cm³/mol. The van der Waals surface area contributed by atoms with Gasteiger partial charge < -0.3 is 0 Å². The minimum absolute atomic E-state index is 0.235. The van der Waals surface area contributed by atoms with Crippen LogP contribution in [0.5, 0.6) is 0 Å². The number of carbonyl (C=O) groups excluding carboxylic acids is 1. The summed E-state index contributed by atoms with van der Waals surface area (Å²) in [6, 6.07) is 0. The molecule has 0 radical (unpaired) electrons. The molecule has 0 spiro atoms. The summed E-state index contributed by atoms with van der Waals surface area (Å²) in [5.41, 5.74) is 0. The highest BCUT2D eigenvalue weighted by atomic mass is 35.5. The van der Waals surface area contributed by atoms with Crippen molar-refractivity contribution in [2.24, 2.45) is 5.92 Å². The van der Waals surface area contributed by atoms with E-state index in [-0.39, 0.29) is 16.7 Å². The molecule has 0 aromatic heterocycles. The van der Waals surface area contributed by atoms with Gasteiger partial charge in [-0.1, -0.05) is 0 Å². The van der Waals surface area contributed by atoms with Gasteiger partial charge in [-0.05, 0) is 11.6 Å². The summed E-state index contributed by atoms with van der Waals surface area (Å²) in [6.45, 7) is 0. The molecule has 46 valence electrons. The number of carbonyl (C=O) groups is 1. The topological polar surface area (TPSA) is 17.1 Å². The van der Waals surface area contributed by atoms with Crippen LogP contribution in [0.25, 0.3) is 0 Å². The smallest absolute Gasteiger partial charge is 0.227 e. The standard InChI is InChI=1S/C4H3Cl3O/c5-2-1(3(2)6)4(7)8/h1-3H. The molecule has 0 amide bonds. The molecule has 1 aliphatic carbocycles. The third-order valence-electron chi connectivity index (χ3n) is 1.11. The van der Waals surface area contributed by atoms with Crippen molar-refractivity contribution in [2.45, 2.75) is 10.8 Å². The van der Waals surface area contributed by atoms with Gasteiger partial charge >= 0.3 is 0 Å². The quantitative estimate of drug-likeness (QED) is 0.435. The lowest BCUT2D eigenvalue weighted by molar-refractivity contribution is -0.112. The first-order valence-corrected chi connectivity index (χ1v) is 3.37. The molecule has 1 rings (SSSR count). The minimum atomic E-state index is -0.426. The lowest BCUT2D eigenvalue weighted by atomic mass is 10.5. The van der Waals surface area contributed by atoms with Gasteiger partial charge in [0.1, 0.15) is 0 Å². The average Bonchev–Trinajstić information content (AvgIpc) is 2.15. The van der Waals surface area contributed by atoms with Crippen LogP contribution in [0.1, 0.15) is 0 Å². The summed E-state index contributed by atoms with van der Waals surface area (Å²) in [4.78, 5) is 10.2. The summed E-state index contributed by atoms with van der Waals surface area (Å²) < 4.78 is 0. The van der Waals surface area contributed by atoms with Crippen molar-refractivity contribution in [1.82, 2.24) is 0 Å². The van der Waals surface area contributed by atoms with E-state index >= 15 is 0 Å². The molecule has 0 heterocycles. The number of hydrogen-bond donors (Lipinski definition) is 0. The van der Waals surface area contributed by atoms with E-state index in [1.807, 2.05) is 0 Å². The van der Waals surface area contributed by atoms with Crippen LogP contribution >= 0.6 is 34.8 Å². The summed E-state index contributed by atoms with van der Waals surface area (Å²) in [5, 5.41) is -0.895. The molecule has 1 saturated carbocycles. The Labute approximate surface area is 61.9 Å². The molecule has 8 heavy (non-hydrogen) atoms. The van der Waals surface area contributed by atoms with Gasteiger partial charge in [-0.2, -0.15) is 0 Å². The van der Waals surface area contributed by atoms with Gasteiger partial charge in [0.15, 0.2) is 0 Å². The van der Waals surface area contributed by atoms with Crippen LogP contribution < -0.4 is 0 Å². The van der Waals surface area contributed by atoms with Crippen LogP contribution in [0, 0.1) is 5.92 Å². The minimum Gasteiger partial charge on any atom is -0.281 e. The van der Waals surface area contributed by atoms with Crippen molar-refractivity contribution in [3.8, 4) is 0 Å². The van der Waals surface area contributed by atoms with Crippen molar-refractivity contribution in [3.63, 3.8) is 0 Å². The summed E-state index contributed by atoms with van der Waals surface area (Å²) in [5.74, 6) is -0.306. The maximum absolute atomic E-state index is 10.2. The van der Waals surface area contributed by atoms with Crippen molar-refractivity contribution in [2.75, 3.05) is 0 Å².